The highest BCUT2D eigenvalue weighted by molar-refractivity contribution is 6.11. The van der Waals surface area contributed by atoms with Gasteiger partial charge in [-0.3, -0.25) is 14.5 Å². The largest absolute Gasteiger partial charge is 0.494 e. The van der Waals surface area contributed by atoms with E-state index >= 15 is 0 Å². The molecule has 7 nitrogen and oxygen atoms in total. The van der Waals surface area contributed by atoms with Crippen molar-refractivity contribution < 1.29 is 37.0 Å². The monoisotopic (exact) mass is 422 g/mol. The molecule has 1 atom stereocenters. The number of nitrogens with one attached hydrogen (secondary N) is 1. The van der Waals surface area contributed by atoms with Crippen molar-refractivity contribution in [3.8, 4) is 11.5 Å². The molecule has 1 fully saturated rings. The van der Waals surface area contributed by atoms with Gasteiger partial charge < -0.3 is 14.8 Å². The van der Waals surface area contributed by atoms with Crippen LogP contribution in [0.4, 0.5) is 18.0 Å². The summed E-state index contributed by atoms with van der Waals surface area (Å²) in [5, 5.41) is 2.50. The number of carbonyl (C=O) groups excluding carboxylic acids is 3. The topological polar surface area (TPSA) is 84.9 Å². The number of amides is 3. The number of alkyl halides is 2. The Balaban J connectivity index is 1.78. The van der Waals surface area contributed by atoms with Gasteiger partial charge in [-0.2, -0.15) is 8.78 Å². The Labute approximate surface area is 169 Å². The quantitative estimate of drug-likeness (QED) is 0.548. The van der Waals surface area contributed by atoms with E-state index in [0.29, 0.717) is 10.5 Å². The number of rotatable bonds is 7. The Kier molecular flexibility index (Phi) is 5.68. The van der Waals surface area contributed by atoms with E-state index in [1.807, 2.05) is 0 Å². The van der Waals surface area contributed by atoms with Gasteiger partial charge in [0.1, 0.15) is 11.3 Å². The highest BCUT2D eigenvalue weighted by Crippen LogP contribution is 2.30. The zero-order chi connectivity index (χ0) is 22.1. The maximum atomic E-state index is 13.8. The van der Waals surface area contributed by atoms with Crippen molar-refractivity contribution >= 4 is 17.7 Å². The van der Waals surface area contributed by atoms with E-state index < -0.39 is 42.2 Å². The number of halogens is 3. The Morgan fingerprint density at radius 3 is 2.40 bits per heavy atom. The molecular weight excluding hydrogens is 405 g/mol. The number of benzene rings is 2. The number of Topliss-reactive ketones (excluding diaryl/α,β-unsaturated/α-hetero) is 1. The van der Waals surface area contributed by atoms with Gasteiger partial charge >= 0.3 is 12.6 Å². The summed E-state index contributed by atoms with van der Waals surface area (Å²) in [4.78, 5) is 38.4. The molecule has 2 aromatic rings. The fourth-order valence-electron chi connectivity index (χ4n) is 3.08. The Bertz CT molecular complexity index is 996. The molecule has 0 bridgehead atoms. The second-order valence-corrected chi connectivity index (χ2v) is 6.62. The molecule has 0 aliphatic carbocycles. The van der Waals surface area contributed by atoms with Crippen molar-refractivity contribution in [3.05, 3.63) is 59.4 Å². The SMILES string of the molecule is COc1ccc(C(=O)CN2C(=O)NC(C)(c3ccc(OC(F)F)cc3)C2=O)cc1F. The molecule has 0 spiro atoms. The molecule has 30 heavy (non-hydrogen) atoms. The number of urea groups is 1. The summed E-state index contributed by atoms with van der Waals surface area (Å²) in [6, 6.07) is 7.93. The number of ketones is 1. The standard InChI is InChI=1S/C20H17F3N2O5/c1-20(12-4-6-13(7-5-12)30-18(22)23)17(27)25(19(28)24-20)10-15(26)11-3-8-16(29-2)14(21)9-11/h3-9,18H,10H2,1-2H3,(H,24,28). The van der Waals surface area contributed by atoms with E-state index in [4.69, 9.17) is 4.74 Å². The number of imide groups is 1. The van der Waals surface area contributed by atoms with Crippen molar-refractivity contribution in [2.24, 2.45) is 0 Å². The van der Waals surface area contributed by atoms with Gasteiger partial charge in [-0.05, 0) is 42.8 Å². The molecule has 1 unspecified atom stereocenters. The van der Waals surface area contributed by atoms with E-state index in [0.717, 1.165) is 6.07 Å². The van der Waals surface area contributed by atoms with Crippen LogP contribution in [0.2, 0.25) is 0 Å². The van der Waals surface area contributed by atoms with Gasteiger partial charge in [0.25, 0.3) is 5.91 Å². The van der Waals surface area contributed by atoms with E-state index in [2.05, 4.69) is 10.1 Å². The number of methoxy groups -OCH3 is 1. The molecule has 0 radical (unpaired) electrons. The second kappa shape index (κ2) is 8.05. The number of hydrogen-bond donors (Lipinski definition) is 1. The van der Waals surface area contributed by atoms with Crippen LogP contribution in [0.3, 0.4) is 0 Å². The third kappa shape index (κ3) is 3.93. The predicted molar refractivity (Wildman–Crippen MR) is 98.0 cm³/mol. The normalized spacial score (nSPS) is 18.5. The summed E-state index contributed by atoms with van der Waals surface area (Å²) in [7, 11) is 1.28. The van der Waals surface area contributed by atoms with Crippen LogP contribution >= 0.6 is 0 Å². The lowest BCUT2D eigenvalue weighted by atomic mass is 9.92. The number of carbonyl (C=O) groups is 3. The Morgan fingerprint density at radius 1 is 1.17 bits per heavy atom. The lowest BCUT2D eigenvalue weighted by Crippen LogP contribution is -2.41. The molecule has 158 valence electrons. The van der Waals surface area contributed by atoms with E-state index in [-0.39, 0.29) is 17.1 Å². The van der Waals surface area contributed by atoms with Crippen molar-refractivity contribution in [1.29, 1.82) is 0 Å². The molecule has 10 heteroatoms. The molecule has 1 aliphatic heterocycles. The van der Waals surface area contributed by atoms with Crippen LogP contribution in [0.1, 0.15) is 22.8 Å². The Hall–Kier alpha value is -3.56. The molecule has 0 saturated carbocycles. The summed E-state index contributed by atoms with van der Waals surface area (Å²) >= 11 is 0. The minimum atomic E-state index is -3.00. The van der Waals surface area contributed by atoms with Gasteiger partial charge in [0.2, 0.25) is 0 Å². The average molecular weight is 422 g/mol. The molecule has 3 rings (SSSR count). The van der Waals surface area contributed by atoms with E-state index in [1.165, 1.54) is 50.4 Å². The van der Waals surface area contributed by atoms with Crippen molar-refractivity contribution in [2.75, 3.05) is 13.7 Å². The van der Waals surface area contributed by atoms with Crippen LogP contribution in [-0.2, 0) is 10.3 Å². The molecule has 2 aromatic carbocycles. The summed E-state index contributed by atoms with van der Waals surface area (Å²) in [5.74, 6) is -2.27. The fraction of sp³-hybridized carbons (Fsp3) is 0.250. The number of ether oxygens (including phenoxy) is 2. The molecule has 1 heterocycles. The summed E-state index contributed by atoms with van der Waals surface area (Å²) in [5.41, 5.74) is -1.23. The maximum Gasteiger partial charge on any atom is 0.387 e. The minimum absolute atomic E-state index is 0.0315. The maximum absolute atomic E-state index is 13.8. The van der Waals surface area contributed by atoms with E-state index in [9.17, 15) is 27.6 Å². The highest BCUT2D eigenvalue weighted by atomic mass is 19.3. The fourth-order valence-corrected chi connectivity index (χ4v) is 3.08. The zero-order valence-electron chi connectivity index (χ0n) is 15.9. The first kappa shape index (κ1) is 21.2. The lowest BCUT2D eigenvalue weighted by Gasteiger charge is -2.22. The van der Waals surface area contributed by atoms with Gasteiger partial charge in [0.05, 0.1) is 13.7 Å². The lowest BCUT2D eigenvalue weighted by molar-refractivity contribution is -0.130. The van der Waals surface area contributed by atoms with Crippen LogP contribution in [-0.4, -0.2) is 42.9 Å². The summed E-state index contributed by atoms with van der Waals surface area (Å²) < 4.78 is 47.5. The van der Waals surface area contributed by atoms with Crippen LogP contribution in [0.5, 0.6) is 11.5 Å². The number of hydrogen-bond acceptors (Lipinski definition) is 5. The highest BCUT2D eigenvalue weighted by Gasteiger charge is 2.49. The first-order chi connectivity index (χ1) is 14.2. The predicted octanol–water partition coefficient (Wildman–Crippen LogP) is 3.09. The number of nitrogens with zero attached hydrogens (tertiary/aromatic N) is 1. The van der Waals surface area contributed by atoms with Crippen LogP contribution in [0.25, 0.3) is 0 Å². The summed E-state index contributed by atoms with van der Waals surface area (Å²) in [6.07, 6.45) is 0. The molecule has 3 amide bonds. The van der Waals surface area contributed by atoms with Crippen LogP contribution in [0.15, 0.2) is 42.5 Å². The second-order valence-electron chi connectivity index (χ2n) is 6.62. The first-order valence-corrected chi connectivity index (χ1v) is 8.72. The van der Waals surface area contributed by atoms with Gasteiger partial charge in [0, 0.05) is 5.56 Å². The summed E-state index contributed by atoms with van der Waals surface area (Å²) in [6.45, 7) is -2.17. The Morgan fingerprint density at radius 2 is 1.83 bits per heavy atom. The molecular formula is C20H17F3N2O5. The van der Waals surface area contributed by atoms with Gasteiger partial charge in [-0.25, -0.2) is 9.18 Å². The van der Waals surface area contributed by atoms with Gasteiger partial charge in [0.15, 0.2) is 17.3 Å². The molecule has 0 aromatic heterocycles. The molecule has 1 aliphatic rings. The third-order valence-corrected chi connectivity index (χ3v) is 4.71. The van der Waals surface area contributed by atoms with Crippen molar-refractivity contribution in [2.45, 2.75) is 19.1 Å². The van der Waals surface area contributed by atoms with Crippen molar-refractivity contribution in [1.82, 2.24) is 10.2 Å². The van der Waals surface area contributed by atoms with E-state index in [1.54, 1.807) is 0 Å². The van der Waals surface area contributed by atoms with Gasteiger partial charge in [-0.1, -0.05) is 12.1 Å². The van der Waals surface area contributed by atoms with Crippen LogP contribution in [0, 0.1) is 5.82 Å². The smallest absolute Gasteiger partial charge is 0.387 e. The minimum Gasteiger partial charge on any atom is -0.494 e. The molecule has 1 N–H and O–H groups in total. The van der Waals surface area contributed by atoms with Gasteiger partial charge in [-0.15, -0.1) is 0 Å². The van der Waals surface area contributed by atoms with Crippen LogP contribution < -0.4 is 14.8 Å². The van der Waals surface area contributed by atoms with Crippen molar-refractivity contribution in [3.63, 3.8) is 0 Å². The average Bonchev–Trinajstić information content (AvgIpc) is 2.91. The zero-order valence-corrected chi connectivity index (χ0v) is 15.9. The first-order valence-electron chi connectivity index (χ1n) is 8.72. The molecule has 1 saturated heterocycles. The third-order valence-electron chi connectivity index (χ3n) is 4.71.